The van der Waals surface area contributed by atoms with Gasteiger partial charge in [-0.2, -0.15) is 0 Å². The van der Waals surface area contributed by atoms with Gasteiger partial charge in [0.25, 0.3) is 5.91 Å². The van der Waals surface area contributed by atoms with Crippen LogP contribution in [0.2, 0.25) is 5.02 Å². The summed E-state index contributed by atoms with van der Waals surface area (Å²) in [5.74, 6) is -3.74. The van der Waals surface area contributed by atoms with Gasteiger partial charge in [0.1, 0.15) is 0 Å². The Morgan fingerprint density at radius 3 is 2.50 bits per heavy atom. The zero-order chi connectivity index (χ0) is 27.2. The average Bonchev–Trinajstić information content (AvgIpc) is 2.90. The van der Waals surface area contributed by atoms with Crippen molar-refractivity contribution in [3.63, 3.8) is 0 Å². The number of anilines is 1. The Balaban J connectivity index is 1.32. The van der Waals surface area contributed by atoms with E-state index in [-0.39, 0.29) is 40.4 Å². The van der Waals surface area contributed by atoms with Crippen LogP contribution >= 0.6 is 11.6 Å². The van der Waals surface area contributed by atoms with Gasteiger partial charge in [0.2, 0.25) is 0 Å². The summed E-state index contributed by atoms with van der Waals surface area (Å²) in [6.07, 6.45) is 3.26. The van der Waals surface area contributed by atoms with Gasteiger partial charge in [0.05, 0.1) is 26.9 Å². The van der Waals surface area contributed by atoms with E-state index in [1.54, 1.807) is 24.5 Å². The molecule has 1 aromatic heterocycles. The van der Waals surface area contributed by atoms with E-state index in [0.29, 0.717) is 6.42 Å². The fourth-order valence-electron chi connectivity index (χ4n) is 5.72. The zero-order valence-corrected chi connectivity index (χ0v) is 21.6. The maximum atomic E-state index is 13.6. The van der Waals surface area contributed by atoms with Crippen LogP contribution in [0.4, 0.5) is 14.5 Å². The van der Waals surface area contributed by atoms with Gasteiger partial charge in [-0.25, -0.2) is 17.2 Å². The van der Waals surface area contributed by atoms with Gasteiger partial charge in [0.15, 0.2) is 21.5 Å². The molecule has 0 aliphatic heterocycles. The van der Waals surface area contributed by atoms with Gasteiger partial charge < -0.3 is 15.5 Å². The molecule has 2 aromatic carbocycles. The first kappa shape index (κ1) is 26.7. The highest BCUT2D eigenvalue weighted by atomic mass is 35.5. The van der Waals surface area contributed by atoms with Crippen LogP contribution in [0.3, 0.4) is 0 Å². The van der Waals surface area contributed by atoms with Crippen molar-refractivity contribution in [3.8, 4) is 0 Å². The molecule has 2 bridgehead atoms. The number of sulfone groups is 1. The van der Waals surface area contributed by atoms with Gasteiger partial charge >= 0.3 is 0 Å². The number of carbonyl (C=O) groups is 1. The van der Waals surface area contributed by atoms with Crippen LogP contribution in [-0.4, -0.2) is 46.5 Å². The highest BCUT2D eigenvalue weighted by molar-refractivity contribution is 7.92. The van der Waals surface area contributed by atoms with Crippen LogP contribution in [0.1, 0.15) is 35.2 Å². The van der Waals surface area contributed by atoms with E-state index < -0.39 is 56.2 Å². The maximum absolute atomic E-state index is 13.6. The zero-order valence-electron chi connectivity index (χ0n) is 20.0. The van der Waals surface area contributed by atoms with Crippen molar-refractivity contribution in [1.82, 2.24) is 4.98 Å². The monoisotopic (exact) mass is 562 g/mol. The minimum Gasteiger partial charge on any atom is -0.390 e. The standard InChI is InChI=1S/C27H25ClF2N2O5S/c28-21-5-3-16(26(34)32-19-4-6-22(29)23(30)13-19)9-24(21)38(36,37)20-11-17-10-18(12-20)27(17,35)25(33)8-15-2-1-7-31-14-15/h1-7,9,13-14,17-18,20,25,33,35H,8,10-12H2,(H,32,34). The lowest BCUT2D eigenvalue weighted by Crippen LogP contribution is -2.67. The van der Waals surface area contributed by atoms with Crippen molar-refractivity contribution in [2.45, 2.75) is 47.5 Å². The molecule has 3 N–H and O–H groups in total. The third-order valence-electron chi connectivity index (χ3n) is 7.77. The highest BCUT2D eigenvalue weighted by Gasteiger charge is 2.63. The second kappa shape index (κ2) is 10.00. The number of halogens is 3. The van der Waals surface area contributed by atoms with Gasteiger partial charge in [-0.3, -0.25) is 9.78 Å². The Hall–Kier alpha value is -2.92. The fraction of sp³-hybridized carbons (Fsp3) is 0.333. The molecule has 7 nitrogen and oxygen atoms in total. The van der Waals surface area contributed by atoms with Gasteiger partial charge in [0, 0.05) is 36.1 Å². The number of pyridine rings is 1. The van der Waals surface area contributed by atoms with Crippen molar-refractivity contribution in [1.29, 1.82) is 0 Å². The van der Waals surface area contributed by atoms with E-state index in [2.05, 4.69) is 10.3 Å². The molecule has 3 atom stereocenters. The van der Waals surface area contributed by atoms with Crippen molar-refractivity contribution in [3.05, 3.63) is 88.7 Å². The number of hydrogen-bond acceptors (Lipinski definition) is 6. The summed E-state index contributed by atoms with van der Waals surface area (Å²) >= 11 is 6.25. The van der Waals surface area contributed by atoms with E-state index in [0.717, 1.165) is 23.8 Å². The minimum absolute atomic E-state index is 0.00440. The largest absolute Gasteiger partial charge is 0.390 e. The van der Waals surface area contributed by atoms with E-state index >= 15 is 0 Å². The Labute approximate surface area is 223 Å². The number of aliphatic hydroxyl groups is 2. The Morgan fingerprint density at radius 2 is 1.84 bits per heavy atom. The third kappa shape index (κ3) is 4.70. The molecule has 0 spiro atoms. The predicted molar refractivity (Wildman–Crippen MR) is 136 cm³/mol. The van der Waals surface area contributed by atoms with E-state index in [4.69, 9.17) is 11.6 Å². The summed E-state index contributed by atoms with van der Waals surface area (Å²) in [6.45, 7) is 0. The first-order valence-corrected chi connectivity index (χ1v) is 14.0. The van der Waals surface area contributed by atoms with Crippen LogP contribution in [-0.2, 0) is 16.3 Å². The molecule has 1 heterocycles. The smallest absolute Gasteiger partial charge is 0.255 e. The quantitative estimate of drug-likeness (QED) is 0.398. The molecule has 3 saturated carbocycles. The third-order valence-corrected chi connectivity index (χ3v) is 10.4. The normalized spacial score (nSPS) is 25.3. The summed E-state index contributed by atoms with van der Waals surface area (Å²) < 4.78 is 53.9. The molecule has 3 aliphatic rings. The number of nitrogens with one attached hydrogen (secondary N) is 1. The Kier molecular flexibility index (Phi) is 7.02. The molecular weight excluding hydrogens is 538 g/mol. The lowest BCUT2D eigenvalue weighted by Gasteiger charge is -2.60. The first-order chi connectivity index (χ1) is 18.0. The van der Waals surface area contributed by atoms with Crippen LogP contribution in [0.5, 0.6) is 0 Å². The second-order valence-electron chi connectivity index (χ2n) is 9.96. The van der Waals surface area contributed by atoms with Crippen molar-refractivity contribution >= 4 is 33.0 Å². The SMILES string of the molecule is O=C(Nc1ccc(F)c(F)c1)c1ccc(Cl)c(S(=O)(=O)C2CC3CC(C2)C3(O)C(O)Cc2cccnc2)c1. The van der Waals surface area contributed by atoms with Crippen molar-refractivity contribution in [2.24, 2.45) is 11.8 Å². The number of hydrogen-bond donors (Lipinski definition) is 3. The maximum Gasteiger partial charge on any atom is 0.255 e. The van der Waals surface area contributed by atoms with Crippen LogP contribution in [0, 0.1) is 23.5 Å². The fourth-order valence-corrected chi connectivity index (χ4v) is 8.12. The molecule has 200 valence electrons. The van der Waals surface area contributed by atoms with Crippen LogP contribution < -0.4 is 5.32 Å². The van der Waals surface area contributed by atoms with E-state index in [1.165, 1.54) is 18.2 Å². The summed E-state index contributed by atoms with van der Waals surface area (Å²) in [7, 11) is -4.00. The summed E-state index contributed by atoms with van der Waals surface area (Å²) in [5, 5.41) is 23.7. The molecule has 3 unspecified atom stereocenters. The number of nitrogens with zero attached hydrogens (tertiary/aromatic N) is 1. The molecule has 11 heteroatoms. The molecule has 3 aliphatic carbocycles. The molecule has 3 fully saturated rings. The van der Waals surface area contributed by atoms with Crippen LogP contribution in [0.15, 0.2) is 65.8 Å². The average molecular weight is 563 g/mol. The van der Waals surface area contributed by atoms with E-state index in [9.17, 15) is 32.2 Å². The minimum atomic E-state index is -4.00. The second-order valence-corrected chi connectivity index (χ2v) is 12.6. The summed E-state index contributed by atoms with van der Waals surface area (Å²) in [5.41, 5.74) is -0.641. The molecular formula is C27H25ClF2N2O5S. The molecule has 3 aromatic rings. The van der Waals surface area contributed by atoms with Gasteiger partial charge in [-0.15, -0.1) is 0 Å². The van der Waals surface area contributed by atoms with Crippen molar-refractivity contribution < 1.29 is 32.2 Å². The molecule has 6 rings (SSSR count). The lowest BCUT2D eigenvalue weighted by molar-refractivity contribution is -0.230. The topological polar surface area (TPSA) is 117 Å². The molecule has 38 heavy (non-hydrogen) atoms. The van der Waals surface area contributed by atoms with Gasteiger partial charge in [-0.1, -0.05) is 17.7 Å². The van der Waals surface area contributed by atoms with Crippen molar-refractivity contribution in [2.75, 3.05) is 5.32 Å². The lowest BCUT2D eigenvalue weighted by atomic mass is 9.51. The number of aromatic nitrogens is 1. The highest BCUT2D eigenvalue weighted by Crippen LogP contribution is 2.57. The number of aliphatic hydroxyl groups excluding tert-OH is 1. The summed E-state index contributed by atoms with van der Waals surface area (Å²) in [6, 6.07) is 10.2. The number of fused-ring (bicyclic) bond motifs is 2. The van der Waals surface area contributed by atoms with Gasteiger partial charge in [-0.05, 0) is 73.1 Å². The molecule has 0 radical (unpaired) electrons. The molecule has 1 amide bonds. The number of carbonyl (C=O) groups excluding carboxylic acids is 1. The number of rotatable bonds is 7. The first-order valence-electron chi connectivity index (χ1n) is 12.1. The Bertz CT molecular complexity index is 1480. The van der Waals surface area contributed by atoms with E-state index in [1.807, 2.05) is 0 Å². The Morgan fingerprint density at radius 1 is 1.11 bits per heavy atom. The summed E-state index contributed by atoms with van der Waals surface area (Å²) in [4.78, 5) is 16.5. The van der Waals surface area contributed by atoms with Crippen LogP contribution in [0.25, 0.3) is 0 Å². The number of benzene rings is 2. The molecule has 0 saturated heterocycles. The number of amides is 1. The predicted octanol–water partition coefficient (Wildman–Crippen LogP) is 4.17.